The standard InChI is InChI=1S/C26H25ClN4O2/c1-16(22-9-5-7-18-6-3-4-8-23(18)22)28-25(32)17(2)31-26(33)30(21-14-15-21)24(29-31)19-10-12-20(27)13-11-19/h3-13,16-17,21H,14-15H2,1-2H3,(H,28,32)/t16-,17?/m0/s1. The highest BCUT2D eigenvalue weighted by Crippen LogP contribution is 2.37. The van der Waals surface area contributed by atoms with Crippen LogP contribution >= 0.6 is 11.6 Å². The Kier molecular flexibility index (Phi) is 5.54. The molecule has 1 fully saturated rings. The Morgan fingerprint density at radius 1 is 1.03 bits per heavy atom. The molecular formula is C26H25ClN4O2. The van der Waals surface area contributed by atoms with Crippen LogP contribution in [-0.2, 0) is 4.79 Å². The third-order valence-electron chi connectivity index (χ3n) is 6.24. The summed E-state index contributed by atoms with van der Waals surface area (Å²) in [6.45, 7) is 3.67. The number of hydrogen-bond donors (Lipinski definition) is 1. The van der Waals surface area contributed by atoms with E-state index in [0.29, 0.717) is 10.8 Å². The maximum Gasteiger partial charge on any atom is 0.347 e. The van der Waals surface area contributed by atoms with E-state index < -0.39 is 6.04 Å². The molecule has 4 aromatic rings. The van der Waals surface area contributed by atoms with Gasteiger partial charge in [0.2, 0.25) is 5.91 Å². The van der Waals surface area contributed by atoms with E-state index in [1.54, 1.807) is 23.6 Å². The first kappa shape index (κ1) is 21.5. The minimum Gasteiger partial charge on any atom is -0.348 e. The first-order valence-corrected chi connectivity index (χ1v) is 11.6. The SMILES string of the molecule is CC(C(=O)N[C@@H](C)c1cccc2ccccc12)n1nc(-c2ccc(Cl)cc2)n(C2CC2)c1=O. The summed E-state index contributed by atoms with van der Waals surface area (Å²) in [5.74, 6) is 0.321. The summed E-state index contributed by atoms with van der Waals surface area (Å²) in [4.78, 5) is 26.4. The molecule has 33 heavy (non-hydrogen) atoms. The fraction of sp³-hybridized carbons (Fsp3) is 0.269. The maximum atomic E-state index is 13.2. The number of amides is 1. The van der Waals surface area contributed by atoms with Crippen molar-refractivity contribution in [2.75, 3.05) is 0 Å². The highest BCUT2D eigenvalue weighted by atomic mass is 35.5. The van der Waals surface area contributed by atoms with Crippen LogP contribution in [0.25, 0.3) is 22.2 Å². The molecule has 1 N–H and O–H groups in total. The van der Waals surface area contributed by atoms with Crippen molar-refractivity contribution < 1.29 is 4.79 Å². The van der Waals surface area contributed by atoms with Crippen LogP contribution in [0.5, 0.6) is 0 Å². The number of nitrogens with one attached hydrogen (secondary N) is 1. The third kappa shape index (κ3) is 4.07. The molecule has 1 unspecified atom stereocenters. The number of nitrogens with zero attached hydrogens (tertiary/aromatic N) is 3. The van der Waals surface area contributed by atoms with Gasteiger partial charge in [0.1, 0.15) is 6.04 Å². The molecule has 7 heteroatoms. The molecule has 0 saturated heterocycles. The van der Waals surface area contributed by atoms with Crippen LogP contribution in [0.2, 0.25) is 5.02 Å². The van der Waals surface area contributed by atoms with Gasteiger partial charge in [-0.1, -0.05) is 54.1 Å². The molecular weight excluding hydrogens is 436 g/mol. The topological polar surface area (TPSA) is 68.9 Å². The maximum absolute atomic E-state index is 13.2. The fourth-order valence-electron chi connectivity index (χ4n) is 4.25. The number of carbonyl (C=O) groups is 1. The molecule has 3 aromatic carbocycles. The minimum atomic E-state index is -0.749. The predicted octanol–water partition coefficient (Wildman–Crippen LogP) is 5.29. The molecule has 0 radical (unpaired) electrons. The summed E-state index contributed by atoms with van der Waals surface area (Å²) in [5.41, 5.74) is 1.58. The molecule has 1 aromatic heterocycles. The molecule has 0 spiro atoms. The van der Waals surface area contributed by atoms with E-state index in [9.17, 15) is 9.59 Å². The Balaban J connectivity index is 1.44. The van der Waals surface area contributed by atoms with E-state index >= 15 is 0 Å². The van der Waals surface area contributed by atoms with E-state index in [-0.39, 0.29) is 23.7 Å². The van der Waals surface area contributed by atoms with Gasteiger partial charge in [-0.05, 0) is 67.3 Å². The summed E-state index contributed by atoms with van der Waals surface area (Å²) in [5, 5.41) is 10.5. The summed E-state index contributed by atoms with van der Waals surface area (Å²) in [7, 11) is 0. The van der Waals surface area contributed by atoms with Crippen LogP contribution in [0, 0.1) is 0 Å². The highest BCUT2D eigenvalue weighted by Gasteiger charge is 2.32. The van der Waals surface area contributed by atoms with Gasteiger partial charge in [0.15, 0.2) is 5.82 Å². The number of benzene rings is 3. The van der Waals surface area contributed by atoms with E-state index in [4.69, 9.17) is 11.6 Å². The third-order valence-corrected chi connectivity index (χ3v) is 6.49. The number of halogens is 1. The second kappa shape index (κ2) is 8.52. The molecule has 5 rings (SSSR count). The molecule has 1 aliphatic rings. The Morgan fingerprint density at radius 2 is 1.73 bits per heavy atom. The van der Waals surface area contributed by atoms with Gasteiger partial charge in [-0.2, -0.15) is 0 Å². The smallest absolute Gasteiger partial charge is 0.347 e. The summed E-state index contributed by atoms with van der Waals surface area (Å²) >= 11 is 6.03. The molecule has 0 aliphatic heterocycles. The van der Waals surface area contributed by atoms with Gasteiger partial charge < -0.3 is 5.32 Å². The number of aromatic nitrogens is 3. The molecule has 6 nitrogen and oxygen atoms in total. The number of fused-ring (bicyclic) bond motifs is 1. The quantitative estimate of drug-likeness (QED) is 0.425. The predicted molar refractivity (Wildman–Crippen MR) is 130 cm³/mol. The summed E-state index contributed by atoms with van der Waals surface area (Å²) in [6, 6.07) is 20.6. The number of rotatable bonds is 6. The lowest BCUT2D eigenvalue weighted by atomic mass is 9.99. The number of carbonyl (C=O) groups excluding carboxylic acids is 1. The number of hydrogen-bond acceptors (Lipinski definition) is 3. The van der Waals surface area contributed by atoms with Gasteiger partial charge in [0.25, 0.3) is 0 Å². The minimum absolute atomic E-state index is 0.127. The van der Waals surface area contributed by atoms with Crippen molar-refractivity contribution in [3.05, 3.63) is 87.8 Å². The van der Waals surface area contributed by atoms with Crippen molar-refractivity contribution in [3.8, 4) is 11.4 Å². The van der Waals surface area contributed by atoms with Gasteiger partial charge in [-0.15, -0.1) is 5.10 Å². The molecule has 2 atom stereocenters. The van der Waals surface area contributed by atoms with E-state index in [2.05, 4.69) is 28.6 Å². The molecule has 1 aliphatic carbocycles. The van der Waals surface area contributed by atoms with E-state index in [0.717, 1.165) is 34.7 Å². The van der Waals surface area contributed by atoms with Crippen molar-refractivity contribution in [2.45, 2.75) is 44.8 Å². The van der Waals surface area contributed by atoms with E-state index in [1.165, 1.54) is 4.68 Å². The van der Waals surface area contributed by atoms with Gasteiger partial charge in [0, 0.05) is 16.6 Å². The van der Waals surface area contributed by atoms with Crippen molar-refractivity contribution in [2.24, 2.45) is 0 Å². The lowest BCUT2D eigenvalue weighted by Crippen LogP contribution is -2.38. The van der Waals surface area contributed by atoms with Gasteiger partial charge in [-0.3, -0.25) is 9.36 Å². The van der Waals surface area contributed by atoms with Crippen LogP contribution < -0.4 is 11.0 Å². The average Bonchev–Trinajstić information content (AvgIpc) is 3.60. The summed E-state index contributed by atoms with van der Waals surface area (Å²) < 4.78 is 3.01. The van der Waals surface area contributed by atoms with Crippen molar-refractivity contribution >= 4 is 28.3 Å². The van der Waals surface area contributed by atoms with E-state index in [1.807, 2.05) is 43.3 Å². The van der Waals surface area contributed by atoms with Crippen molar-refractivity contribution in [1.29, 1.82) is 0 Å². The second-order valence-electron chi connectivity index (χ2n) is 8.63. The Morgan fingerprint density at radius 3 is 2.45 bits per heavy atom. The Labute approximate surface area is 196 Å². The van der Waals surface area contributed by atoms with Crippen molar-refractivity contribution in [3.63, 3.8) is 0 Å². The van der Waals surface area contributed by atoms with Crippen LogP contribution in [0.3, 0.4) is 0 Å². The second-order valence-corrected chi connectivity index (χ2v) is 9.07. The Bertz CT molecular complexity index is 1380. The zero-order valence-corrected chi connectivity index (χ0v) is 19.3. The van der Waals surface area contributed by atoms with Crippen LogP contribution in [0.4, 0.5) is 0 Å². The van der Waals surface area contributed by atoms with Crippen LogP contribution in [0.15, 0.2) is 71.5 Å². The zero-order valence-electron chi connectivity index (χ0n) is 18.5. The molecule has 0 bridgehead atoms. The highest BCUT2D eigenvalue weighted by molar-refractivity contribution is 6.30. The lowest BCUT2D eigenvalue weighted by molar-refractivity contribution is -0.124. The normalized spacial score (nSPS) is 15.4. The van der Waals surface area contributed by atoms with Gasteiger partial charge in [-0.25, -0.2) is 9.48 Å². The first-order valence-electron chi connectivity index (χ1n) is 11.2. The van der Waals surface area contributed by atoms with Gasteiger partial charge in [0.05, 0.1) is 6.04 Å². The van der Waals surface area contributed by atoms with Crippen LogP contribution in [-0.4, -0.2) is 20.3 Å². The van der Waals surface area contributed by atoms with Gasteiger partial charge >= 0.3 is 5.69 Å². The molecule has 1 amide bonds. The largest absolute Gasteiger partial charge is 0.348 e. The fourth-order valence-corrected chi connectivity index (χ4v) is 4.38. The van der Waals surface area contributed by atoms with Crippen LogP contribution in [0.1, 0.15) is 50.4 Å². The lowest BCUT2D eigenvalue weighted by Gasteiger charge is -2.19. The van der Waals surface area contributed by atoms with Crippen molar-refractivity contribution in [1.82, 2.24) is 19.7 Å². The Hall–Kier alpha value is -3.38. The zero-order chi connectivity index (χ0) is 23.1. The monoisotopic (exact) mass is 460 g/mol. The molecule has 1 heterocycles. The molecule has 168 valence electrons. The summed E-state index contributed by atoms with van der Waals surface area (Å²) in [6.07, 6.45) is 1.87. The average molecular weight is 461 g/mol. The first-order chi connectivity index (χ1) is 15.9. The molecule has 1 saturated carbocycles.